The molecule has 7 nitrogen and oxygen atoms in total. The molecule has 0 aliphatic carbocycles. The van der Waals surface area contributed by atoms with Gasteiger partial charge in [-0.1, -0.05) is 0 Å². The van der Waals surface area contributed by atoms with Crippen molar-refractivity contribution >= 4 is 12.0 Å². The van der Waals surface area contributed by atoms with Crippen LogP contribution >= 0.6 is 0 Å². The van der Waals surface area contributed by atoms with E-state index >= 15 is 0 Å². The van der Waals surface area contributed by atoms with E-state index in [-0.39, 0.29) is 5.91 Å². The molecule has 0 radical (unpaired) electrons. The maximum absolute atomic E-state index is 12.1. The van der Waals surface area contributed by atoms with E-state index in [1.54, 1.807) is 44.2 Å². The normalized spacial score (nSPS) is 10.8. The monoisotopic (exact) mass is 359 g/mol. The van der Waals surface area contributed by atoms with Crippen LogP contribution in [0.2, 0.25) is 0 Å². The molecule has 1 aromatic carbocycles. The molecule has 0 atom stereocenters. The van der Waals surface area contributed by atoms with Crippen molar-refractivity contribution in [3.63, 3.8) is 0 Å². The van der Waals surface area contributed by atoms with Crippen LogP contribution in [0.25, 0.3) is 6.08 Å². The third kappa shape index (κ3) is 4.17. The Labute approximate surface area is 153 Å². The van der Waals surface area contributed by atoms with Crippen molar-refractivity contribution in [2.75, 3.05) is 21.3 Å². The molecule has 1 amide bonds. The zero-order valence-electron chi connectivity index (χ0n) is 16.0. The highest BCUT2D eigenvalue weighted by molar-refractivity contribution is 5.92. The predicted molar refractivity (Wildman–Crippen MR) is 99.7 cm³/mol. The number of aryl methyl sites for hydroxylation is 2. The minimum atomic E-state index is -0.193. The molecule has 0 bridgehead atoms. The fourth-order valence-electron chi connectivity index (χ4n) is 2.68. The van der Waals surface area contributed by atoms with Crippen LogP contribution in [0.5, 0.6) is 17.2 Å². The Bertz CT molecular complexity index is 799. The van der Waals surface area contributed by atoms with E-state index in [0.717, 1.165) is 22.5 Å². The summed E-state index contributed by atoms with van der Waals surface area (Å²) in [6, 6.07) is 3.61. The Kier molecular flexibility index (Phi) is 6.27. The Morgan fingerprint density at radius 3 is 2.23 bits per heavy atom. The van der Waals surface area contributed by atoms with Gasteiger partial charge in [-0.3, -0.25) is 9.48 Å². The summed E-state index contributed by atoms with van der Waals surface area (Å²) in [6.07, 6.45) is 3.29. The Hall–Kier alpha value is -2.96. The number of hydrogen-bond acceptors (Lipinski definition) is 5. The lowest BCUT2D eigenvalue weighted by Crippen LogP contribution is -2.20. The zero-order chi connectivity index (χ0) is 19.3. The van der Waals surface area contributed by atoms with E-state index in [1.165, 1.54) is 6.08 Å². The van der Waals surface area contributed by atoms with E-state index in [1.807, 2.05) is 20.9 Å². The Morgan fingerprint density at radius 2 is 1.77 bits per heavy atom. The third-order valence-corrected chi connectivity index (χ3v) is 4.16. The van der Waals surface area contributed by atoms with Crippen molar-refractivity contribution in [2.24, 2.45) is 7.05 Å². The summed E-state index contributed by atoms with van der Waals surface area (Å²) >= 11 is 0. The molecule has 1 N–H and O–H groups in total. The maximum atomic E-state index is 12.1. The number of aromatic nitrogens is 2. The quantitative estimate of drug-likeness (QED) is 0.769. The summed E-state index contributed by atoms with van der Waals surface area (Å²) in [6.45, 7) is 4.22. The van der Waals surface area contributed by atoms with Crippen molar-refractivity contribution in [3.05, 3.63) is 40.7 Å². The van der Waals surface area contributed by atoms with Gasteiger partial charge in [0, 0.05) is 30.9 Å². The number of ether oxygens (including phenoxy) is 3. The number of hydrogen-bond donors (Lipinski definition) is 1. The first-order valence-electron chi connectivity index (χ1n) is 8.16. The van der Waals surface area contributed by atoms with Crippen LogP contribution in [-0.4, -0.2) is 37.0 Å². The maximum Gasteiger partial charge on any atom is 0.244 e. The number of rotatable bonds is 7. The third-order valence-electron chi connectivity index (χ3n) is 4.16. The molecule has 1 heterocycles. The molecule has 0 spiro atoms. The number of methoxy groups -OCH3 is 3. The summed E-state index contributed by atoms with van der Waals surface area (Å²) in [5.74, 6) is 1.43. The van der Waals surface area contributed by atoms with E-state index in [2.05, 4.69) is 10.4 Å². The van der Waals surface area contributed by atoms with Crippen molar-refractivity contribution in [1.29, 1.82) is 0 Å². The lowest BCUT2D eigenvalue weighted by Gasteiger charge is -2.14. The highest BCUT2D eigenvalue weighted by atomic mass is 16.5. The molecule has 26 heavy (non-hydrogen) atoms. The van der Waals surface area contributed by atoms with E-state index in [9.17, 15) is 4.79 Å². The predicted octanol–water partition coefficient (Wildman–Crippen LogP) is 2.39. The summed E-state index contributed by atoms with van der Waals surface area (Å²) in [5, 5.41) is 7.18. The minimum Gasteiger partial charge on any atom is -0.493 e. The van der Waals surface area contributed by atoms with Gasteiger partial charge in [-0.25, -0.2) is 0 Å². The van der Waals surface area contributed by atoms with Gasteiger partial charge in [-0.15, -0.1) is 0 Å². The van der Waals surface area contributed by atoms with Gasteiger partial charge in [-0.2, -0.15) is 5.10 Å². The van der Waals surface area contributed by atoms with E-state index < -0.39 is 0 Å². The van der Waals surface area contributed by atoms with Crippen molar-refractivity contribution < 1.29 is 19.0 Å². The van der Waals surface area contributed by atoms with Crippen LogP contribution in [0.1, 0.15) is 22.5 Å². The van der Waals surface area contributed by atoms with Gasteiger partial charge in [0.25, 0.3) is 0 Å². The van der Waals surface area contributed by atoms with Gasteiger partial charge in [0.1, 0.15) is 0 Å². The van der Waals surface area contributed by atoms with Gasteiger partial charge < -0.3 is 19.5 Å². The largest absolute Gasteiger partial charge is 0.493 e. The molecule has 140 valence electrons. The average molecular weight is 359 g/mol. The van der Waals surface area contributed by atoms with Crippen LogP contribution in [0.3, 0.4) is 0 Å². The molecule has 2 aromatic rings. The van der Waals surface area contributed by atoms with Crippen LogP contribution in [0.4, 0.5) is 0 Å². The van der Waals surface area contributed by atoms with E-state index in [4.69, 9.17) is 14.2 Å². The second-order valence-corrected chi connectivity index (χ2v) is 5.79. The molecule has 7 heteroatoms. The lowest BCUT2D eigenvalue weighted by atomic mass is 10.1. The standard InChI is InChI=1S/C19H25N3O4/c1-12-15(13(2)22(3)21-12)7-8-18(23)20-11-14-9-16(24-4)19(26-6)17(10-14)25-5/h7-10H,11H2,1-6H3,(H,20,23)/b8-7+. The topological polar surface area (TPSA) is 74.6 Å². The van der Waals surface area contributed by atoms with Gasteiger partial charge in [0.05, 0.1) is 27.0 Å². The first kappa shape index (κ1) is 19.4. The van der Waals surface area contributed by atoms with Crippen molar-refractivity contribution in [1.82, 2.24) is 15.1 Å². The molecule has 1 aromatic heterocycles. The van der Waals surface area contributed by atoms with Gasteiger partial charge >= 0.3 is 0 Å². The average Bonchev–Trinajstić information content (AvgIpc) is 2.88. The number of nitrogens with one attached hydrogen (secondary N) is 1. The SMILES string of the molecule is COc1cc(CNC(=O)/C=C/c2c(C)nn(C)c2C)cc(OC)c1OC. The van der Waals surface area contributed by atoms with Crippen molar-refractivity contribution in [2.45, 2.75) is 20.4 Å². The van der Waals surface area contributed by atoms with Crippen LogP contribution in [0.15, 0.2) is 18.2 Å². The van der Waals surface area contributed by atoms with Crippen molar-refractivity contribution in [3.8, 4) is 17.2 Å². The second-order valence-electron chi connectivity index (χ2n) is 5.79. The smallest absolute Gasteiger partial charge is 0.244 e. The summed E-state index contributed by atoms with van der Waals surface area (Å²) < 4.78 is 17.7. The molecule has 0 aliphatic rings. The number of carbonyl (C=O) groups excluding carboxylic acids is 1. The van der Waals surface area contributed by atoms with Crippen LogP contribution in [0, 0.1) is 13.8 Å². The molecular weight excluding hydrogens is 334 g/mol. The molecule has 0 saturated heterocycles. The second kappa shape index (κ2) is 8.42. The van der Waals surface area contributed by atoms with Gasteiger partial charge in [0.2, 0.25) is 11.7 Å². The molecule has 2 rings (SSSR count). The van der Waals surface area contributed by atoms with Gasteiger partial charge in [-0.05, 0) is 37.6 Å². The highest BCUT2D eigenvalue weighted by Gasteiger charge is 2.13. The summed E-state index contributed by atoms with van der Waals surface area (Å²) in [7, 11) is 6.54. The van der Waals surface area contributed by atoms with Crippen LogP contribution < -0.4 is 19.5 Å². The highest BCUT2D eigenvalue weighted by Crippen LogP contribution is 2.38. The Balaban J connectivity index is 2.08. The number of nitrogens with zero attached hydrogens (tertiary/aromatic N) is 2. The number of carbonyl (C=O) groups is 1. The first-order chi connectivity index (χ1) is 12.4. The van der Waals surface area contributed by atoms with Gasteiger partial charge in [0.15, 0.2) is 11.5 Å². The molecular formula is C19H25N3O4. The fourth-order valence-corrected chi connectivity index (χ4v) is 2.68. The zero-order valence-corrected chi connectivity index (χ0v) is 16.0. The summed E-state index contributed by atoms with van der Waals surface area (Å²) in [4.78, 5) is 12.1. The molecule has 0 aliphatic heterocycles. The molecule has 0 fully saturated rings. The first-order valence-corrected chi connectivity index (χ1v) is 8.16. The van der Waals surface area contributed by atoms with Crippen LogP contribution in [-0.2, 0) is 18.4 Å². The van der Waals surface area contributed by atoms with E-state index in [0.29, 0.717) is 23.8 Å². The molecule has 0 unspecified atom stereocenters. The number of amides is 1. The minimum absolute atomic E-state index is 0.193. The number of benzene rings is 1. The Morgan fingerprint density at radius 1 is 1.15 bits per heavy atom. The summed E-state index contributed by atoms with van der Waals surface area (Å²) in [5.41, 5.74) is 3.69. The molecule has 0 saturated carbocycles. The fraction of sp³-hybridized carbons (Fsp3) is 0.368. The lowest BCUT2D eigenvalue weighted by molar-refractivity contribution is -0.116.